The van der Waals surface area contributed by atoms with Gasteiger partial charge >= 0.3 is 0 Å². The Hall–Kier alpha value is -2.32. The van der Waals surface area contributed by atoms with Gasteiger partial charge < -0.3 is 19.1 Å². The maximum atomic E-state index is 6.51. The lowest BCUT2D eigenvalue weighted by Gasteiger charge is -2.29. The molecule has 3 aromatic rings. The number of halogens is 2. The van der Waals surface area contributed by atoms with Gasteiger partial charge in [0.25, 0.3) is 0 Å². The summed E-state index contributed by atoms with van der Waals surface area (Å²) in [7, 11) is 0. The molecule has 2 aliphatic rings. The van der Waals surface area contributed by atoms with Gasteiger partial charge in [0.2, 0.25) is 5.79 Å². The van der Waals surface area contributed by atoms with Crippen molar-refractivity contribution >= 4 is 28.9 Å². The van der Waals surface area contributed by atoms with Gasteiger partial charge in [-0.25, -0.2) is 9.67 Å². The molecule has 0 radical (unpaired) electrons. The second-order valence-corrected chi connectivity index (χ2v) is 9.22. The molecule has 7 nitrogen and oxygen atoms in total. The van der Waals surface area contributed by atoms with Crippen molar-refractivity contribution in [2.45, 2.75) is 37.7 Å². The number of rotatable bonds is 7. The van der Waals surface area contributed by atoms with Crippen LogP contribution in [-0.2, 0) is 21.8 Å². The summed E-state index contributed by atoms with van der Waals surface area (Å²) in [5.74, 6) is -0.306. The number of piperidine rings is 1. The quantitative estimate of drug-likeness (QED) is 0.470. The van der Waals surface area contributed by atoms with E-state index in [4.69, 9.17) is 37.4 Å². The zero-order chi connectivity index (χ0) is 22.7. The van der Waals surface area contributed by atoms with Crippen molar-refractivity contribution in [3.8, 4) is 5.75 Å². The van der Waals surface area contributed by atoms with Crippen molar-refractivity contribution in [2.24, 2.45) is 0 Å². The van der Waals surface area contributed by atoms with E-state index in [0.717, 1.165) is 18.8 Å². The second-order valence-electron chi connectivity index (χ2n) is 8.37. The minimum atomic E-state index is -1.11. The number of benzene rings is 2. The van der Waals surface area contributed by atoms with Crippen LogP contribution in [-0.4, -0.2) is 47.2 Å². The Morgan fingerprint density at radius 3 is 2.61 bits per heavy atom. The summed E-state index contributed by atoms with van der Waals surface area (Å²) in [5.41, 5.74) is 1.93. The molecule has 1 aromatic heterocycles. The molecule has 2 fully saturated rings. The van der Waals surface area contributed by atoms with E-state index < -0.39 is 5.79 Å². The van der Waals surface area contributed by atoms with Crippen LogP contribution in [0, 0.1) is 0 Å². The highest BCUT2D eigenvalue weighted by atomic mass is 35.5. The Balaban J connectivity index is 1.26. The molecular weight excluding hydrogens is 463 g/mol. The van der Waals surface area contributed by atoms with Crippen LogP contribution < -0.4 is 9.64 Å². The van der Waals surface area contributed by atoms with Gasteiger partial charge in [0.1, 0.15) is 37.7 Å². The van der Waals surface area contributed by atoms with Crippen LogP contribution in [0.3, 0.4) is 0 Å². The summed E-state index contributed by atoms with van der Waals surface area (Å²) >= 11 is 12.6. The largest absolute Gasteiger partial charge is 0.491 e. The zero-order valence-electron chi connectivity index (χ0n) is 18.2. The average molecular weight is 489 g/mol. The molecule has 0 aliphatic carbocycles. The van der Waals surface area contributed by atoms with Crippen molar-refractivity contribution in [2.75, 3.05) is 31.2 Å². The van der Waals surface area contributed by atoms with Gasteiger partial charge in [0.15, 0.2) is 0 Å². The topological polar surface area (TPSA) is 61.6 Å². The van der Waals surface area contributed by atoms with Gasteiger partial charge in [0.05, 0.1) is 11.6 Å². The Bertz CT molecular complexity index is 1060. The third kappa shape index (κ3) is 5.11. The fraction of sp³-hybridized carbons (Fsp3) is 0.417. The van der Waals surface area contributed by atoms with E-state index in [1.54, 1.807) is 23.1 Å². The first-order valence-electron chi connectivity index (χ1n) is 11.2. The minimum absolute atomic E-state index is 0.276. The van der Waals surface area contributed by atoms with Crippen LogP contribution in [0.2, 0.25) is 10.0 Å². The van der Waals surface area contributed by atoms with Crippen LogP contribution in [0.5, 0.6) is 5.75 Å². The number of nitrogens with zero attached hydrogens (tertiary/aromatic N) is 4. The van der Waals surface area contributed by atoms with Crippen molar-refractivity contribution in [3.05, 3.63) is 70.7 Å². The van der Waals surface area contributed by atoms with Gasteiger partial charge in [-0.3, -0.25) is 0 Å². The van der Waals surface area contributed by atoms with Crippen LogP contribution in [0.4, 0.5) is 5.69 Å². The summed E-state index contributed by atoms with van der Waals surface area (Å²) in [6.45, 7) is 3.26. The summed E-state index contributed by atoms with van der Waals surface area (Å²) in [6, 6.07) is 13.5. The first kappa shape index (κ1) is 22.5. The van der Waals surface area contributed by atoms with E-state index in [0.29, 0.717) is 35.4 Å². The molecule has 2 aromatic carbocycles. The molecule has 0 spiro atoms. The number of aromatic nitrogens is 3. The first-order chi connectivity index (χ1) is 16.1. The molecule has 2 aliphatic heterocycles. The van der Waals surface area contributed by atoms with Crippen LogP contribution in [0.25, 0.3) is 0 Å². The lowest BCUT2D eigenvalue weighted by Crippen LogP contribution is -2.35. The average Bonchev–Trinajstić information content (AvgIpc) is 3.49. The summed E-state index contributed by atoms with van der Waals surface area (Å²) < 4.78 is 20.3. The smallest absolute Gasteiger partial charge is 0.217 e. The lowest BCUT2D eigenvalue weighted by molar-refractivity contribution is -0.190. The van der Waals surface area contributed by atoms with Gasteiger partial charge in [-0.05, 0) is 55.7 Å². The van der Waals surface area contributed by atoms with Crippen molar-refractivity contribution in [1.82, 2.24) is 14.8 Å². The second kappa shape index (κ2) is 9.89. The summed E-state index contributed by atoms with van der Waals surface area (Å²) in [5, 5.41) is 5.22. The van der Waals surface area contributed by atoms with Gasteiger partial charge in [-0.1, -0.05) is 29.3 Å². The monoisotopic (exact) mass is 488 g/mol. The Morgan fingerprint density at radius 1 is 1.06 bits per heavy atom. The minimum Gasteiger partial charge on any atom is -0.491 e. The molecule has 0 saturated carbocycles. The van der Waals surface area contributed by atoms with E-state index in [1.165, 1.54) is 31.3 Å². The molecule has 0 amide bonds. The van der Waals surface area contributed by atoms with Crippen LogP contribution >= 0.6 is 23.2 Å². The Kier molecular flexibility index (Phi) is 6.74. The number of anilines is 1. The molecule has 2 unspecified atom stereocenters. The predicted molar refractivity (Wildman–Crippen MR) is 127 cm³/mol. The van der Waals surface area contributed by atoms with E-state index in [9.17, 15) is 0 Å². The molecular formula is C24H26Cl2N4O3. The highest BCUT2D eigenvalue weighted by molar-refractivity contribution is 6.35. The molecule has 2 saturated heterocycles. The van der Waals surface area contributed by atoms with E-state index in [1.807, 2.05) is 18.2 Å². The summed E-state index contributed by atoms with van der Waals surface area (Å²) in [6.07, 6.45) is 6.64. The molecule has 2 atom stereocenters. The Morgan fingerprint density at radius 2 is 1.88 bits per heavy atom. The molecule has 33 heavy (non-hydrogen) atoms. The SMILES string of the molecule is Clc1ccc(C2(Cn3cncn3)OCC(COc3ccc(N4CCCCC4)cc3)O2)c(Cl)c1. The third-order valence-corrected chi connectivity index (χ3v) is 6.58. The number of ether oxygens (including phenoxy) is 3. The molecule has 9 heteroatoms. The summed E-state index contributed by atoms with van der Waals surface area (Å²) in [4.78, 5) is 6.45. The van der Waals surface area contributed by atoms with Crippen molar-refractivity contribution < 1.29 is 14.2 Å². The maximum absolute atomic E-state index is 6.51. The van der Waals surface area contributed by atoms with E-state index in [2.05, 4.69) is 27.1 Å². The van der Waals surface area contributed by atoms with Gasteiger partial charge in [-0.15, -0.1) is 0 Å². The van der Waals surface area contributed by atoms with Crippen molar-refractivity contribution in [1.29, 1.82) is 0 Å². The zero-order valence-corrected chi connectivity index (χ0v) is 19.7. The molecule has 5 rings (SSSR count). The van der Waals surface area contributed by atoms with Gasteiger partial charge in [-0.2, -0.15) is 5.10 Å². The fourth-order valence-corrected chi connectivity index (χ4v) is 4.93. The predicted octanol–water partition coefficient (Wildman–Crippen LogP) is 4.92. The number of hydrogen-bond acceptors (Lipinski definition) is 6. The standard InChI is InChI=1S/C24H26Cl2N4O3/c25-18-4-9-22(23(26)12-18)24(15-30-17-27-16-28-30)32-14-21(33-24)13-31-20-7-5-19(6-8-20)29-10-2-1-3-11-29/h4-9,12,16-17,21H,1-3,10-11,13-15H2. The third-order valence-electron chi connectivity index (χ3n) is 6.03. The van der Waals surface area contributed by atoms with Crippen molar-refractivity contribution in [3.63, 3.8) is 0 Å². The molecule has 0 bridgehead atoms. The van der Waals surface area contributed by atoms with E-state index >= 15 is 0 Å². The number of hydrogen-bond donors (Lipinski definition) is 0. The maximum Gasteiger partial charge on any atom is 0.217 e. The van der Waals surface area contributed by atoms with Gasteiger partial charge in [0, 0.05) is 29.4 Å². The first-order valence-corrected chi connectivity index (χ1v) is 11.9. The molecule has 0 N–H and O–H groups in total. The Labute approximate surface area is 203 Å². The lowest BCUT2D eigenvalue weighted by atomic mass is 10.1. The highest BCUT2D eigenvalue weighted by Gasteiger charge is 2.45. The highest BCUT2D eigenvalue weighted by Crippen LogP contribution is 2.40. The normalized spacial score (nSPS) is 23.1. The fourth-order valence-electron chi connectivity index (χ4n) is 4.38. The van der Waals surface area contributed by atoms with Crippen LogP contribution in [0.1, 0.15) is 24.8 Å². The van der Waals surface area contributed by atoms with Crippen LogP contribution in [0.15, 0.2) is 55.1 Å². The molecule has 174 valence electrons. The molecule has 3 heterocycles. The van der Waals surface area contributed by atoms with E-state index in [-0.39, 0.29) is 6.10 Å².